The molecular formula is C8H13N3OS. The number of hydrogen-bond acceptors (Lipinski definition) is 4. The first-order chi connectivity index (χ1) is 6.29. The van der Waals surface area contributed by atoms with Crippen LogP contribution in [0.2, 0.25) is 0 Å². The van der Waals surface area contributed by atoms with Crippen LogP contribution in [0, 0.1) is 11.5 Å². The van der Waals surface area contributed by atoms with Gasteiger partial charge in [0.05, 0.1) is 12.6 Å². The fourth-order valence-electron chi connectivity index (χ4n) is 1.29. The molecular weight excluding hydrogens is 186 g/mol. The number of hydrogen-bond donors (Lipinski definition) is 0. The third-order valence-electron chi connectivity index (χ3n) is 2.08. The Morgan fingerprint density at radius 3 is 3.00 bits per heavy atom. The van der Waals surface area contributed by atoms with Gasteiger partial charge in [0.1, 0.15) is 0 Å². The largest absolute Gasteiger partial charge is 0.379 e. The third-order valence-corrected chi connectivity index (χ3v) is 2.83. The van der Waals surface area contributed by atoms with E-state index in [1.165, 1.54) is 11.8 Å². The summed E-state index contributed by atoms with van der Waals surface area (Å²) in [5.41, 5.74) is 0. The highest BCUT2D eigenvalue weighted by molar-refractivity contribution is 8.13. The number of nitrogens with zero attached hydrogens (tertiary/aromatic N) is 3. The maximum absolute atomic E-state index is 8.45. The average molecular weight is 199 g/mol. The maximum Gasteiger partial charge on any atom is 0.208 e. The summed E-state index contributed by atoms with van der Waals surface area (Å²) in [5, 5.41) is 9.21. The van der Waals surface area contributed by atoms with Crippen LogP contribution in [0.1, 0.15) is 6.42 Å². The number of nitriles is 1. The Kier molecular flexibility index (Phi) is 4.06. The second-order valence-corrected chi connectivity index (χ2v) is 3.60. The minimum atomic E-state index is 0.375. The van der Waals surface area contributed by atoms with Crippen LogP contribution in [0.3, 0.4) is 0 Å². The summed E-state index contributed by atoms with van der Waals surface area (Å²) in [6.45, 7) is 1.55. The number of ether oxygens (including phenoxy) is 1. The van der Waals surface area contributed by atoms with Crippen LogP contribution in [0.5, 0.6) is 0 Å². The van der Waals surface area contributed by atoms with Gasteiger partial charge in [0, 0.05) is 13.7 Å². The predicted octanol–water partition coefficient (Wildman–Crippen LogP) is 0.907. The molecule has 1 atom stereocenters. The van der Waals surface area contributed by atoms with Crippen molar-refractivity contribution in [2.45, 2.75) is 12.5 Å². The second kappa shape index (κ2) is 5.10. The van der Waals surface area contributed by atoms with E-state index in [0.717, 1.165) is 24.8 Å². The third kappa shape index (κ3) is 2.61. The standard InChI is InChI=1S/C8H13N3OS/c1-11(7-3-4-12-5-7)8(13-2)10-6-9/h7H,3-5H2,1-2H3. The molecule has 0 aromatic heterocycles. The van der Waals surface area contributed by atoms with E-state index >= 15 is 0 Å². The van der Waals surface area contributed by atoms with Gasteiger partial charge in [0.15, 0.2) is 5.17 Å². The Morgan fingerprint density at radius 1 is 1.77 bits per heavy atom. The van der Waals surface area contributed by atoms with Crippen LogP contribution in [0.25, 0.3) is 0 Å². The van der Waals surface area contributed by atoms with Crippen LogP contribution in [-0.2, 0) is 4.74 Å². The molecule has 1 unspecified atom stereocenters. The molecule has 0 aromatic carbocycles. The van der Waals surface area contributed by atoms with Gasteiger partial charge in [-0.1, -0.05) is 11.8 Å². The number of rotatable bonds is 1. The van der Waals surface area contributed by atoms with Crippen molar-refractivity contribution >= 4 is 16.9 Å². The molecule has 0 spiro atoms. The van der Waals surface area contributed by atoms with E-state index in [-0.39, 0.29) is 0 Å². The summed E-state index contributed by atoms with van der Waals surface area (Å²) < 4.78 is 5.26. The molecule has 1 heterocycles. The highest BCUT2D eigenvalue weighted by atomic mass is 32.2. The first-order valence-corrected chi connectivity index (χ1v) is 5.33. The van der Waals surface area contributed by atoms with E-state index in [2.05, 4.69) is 4.99 Å². The van der Waals surface area contributed by atoms with E-state index in [0.29, 0.717) is 6.04 Å². The lowest BCUT2D eigenvalue weighted by Crippen LogP contribution is -2.35. The Labute approximate surface area is 82.6 Å². The summed E-state index contributed by atoms with van der Waals surface area (Å²) in [6.07, 6.45) is 4.74. The summed E-state index contributed by atoms with van der Waals surface area (Å²) in [6, 6.07) is 0.375. The molecule has 1 rings (SSSR count). The zero-order valence-electron chi connectivity index (χ0n) is 7.86. The van der Waals surface area contributed by atoms with Crippen molar-refractivity contribution in [3.63, 3.8) is 0 Å². The minimum Gasteiger partial charge on any atom is -0.379 e. The summed E-state index contributed by atoms with van der Waals surface area (Å²) in [7, 11) is 1.95. The number of likely N-dealkylation sites (N-methyl/N-ethyl adjacent to an activating group) is 1. The fraction of sp³-hybridized carbons (Fsp3) is 0.750. The van der Waals surface area contributed by atoms with Crippen molar-refractivity contribution < 1.29 is 4.74 Å². The van der Waals surface area contributed by atoms with Crippen LogP contribution in [0.4, 0.5) is 0 Å². The molecule has 72 valence electrons. The van der Waals surface area contributed by atoms with Gasteiger partial charge in [-0.05, 0) is 12.7 Å². The van der Waals surface area contributed by atoms with Gasteiger partial charge in [-0.3, -0.25) is 0 Å². The van der Waals surface area contributed by atoms with E-state index in [1.807, 2.05) is 24.4 Å². The topological polar surface area (TPSA) is 48.6 Å². The Bertz CT molecular complexity index is 230. The normalized spacial score (nSPS) is 22.8. The molecule has 0 radical (unpaired) electrons. The lowest BCUT2D eigenvalue weighted by molar-refractivity contribution is 0.180. The van der Waals surface area contributed by atoms with Crippen LogP contribution in [-0.4, -0.2) is 42.6 Å². The molecule has 1 fully saturated rings. The molecule has 0 bridgehead atoms. The average Bonchev–Trinajstić information content (AvgIpc) is 2.65. The monoisotopic (exact) mass is 199 g/mol. The fourth-order valence-corrected chi connectivity index (χ4v) is 1.86. The van der Waals surface area contributed by atoms with E-state index in [4.69, 9.17) is 10.00 Å². The molecule has 0 aromatic rings. The SMILES string of the molecule is CSC(=NC#N)N(C)C1CCOC1. The molecule has 1 aliphatic heterocycles. The van der Waals surface area contributed by atoms with Crippen LogP contribution >= 0.6 is 11.8 Å². The number of aliphatic imine (C=N–C) groups is 1. The molecule has 5 heteroatoms. The van der Waals surface area contributed by atoms with Gasteiger partial charge < -0.3 is 9.64 Å². The van der Waals surface area contributed by atoms with Crippen molar-refractivity contribution in [2.24, 2.45) is 4.99 Å². The Hall–Kier alpha value is -0.730. The Morgan fingerprint density at radius 2 is 2.54 bits per heavy atom. The molecule has 1 aliphatic rings. The minimum absolute atomic E-state index is 0.375. The molecule has 0 aliphatic carbocycles. The zero-order valence-corrected chi connectivity index (χ0v) is 8.67. The molecule has 1 saturated heterocycles. The van der Waals surface area contributed by atoms with E-state index in [1.54, 1.807) is 0 Å². The number of thioether (sulfide) groups is 1. The zero-order chi connectivity index (χ0) is 9.68. The highest BCUT2D eigenvalue weighted by Crippen LogP contribution is 2.14. The van der Waals surface area contributed by atoms with Gasteiger partial charge in [-0.15, -0.1) is 4.99 Å². The van der Waals surface area contributed by atoms with E-state index < -0.39 is 0 Å². The summed E-state index contributed by atoms with van der Waals surface area (Å²) >= 11 is 1.49. The molecule has 13 heavy (non-hydrogen) atoms. The first kappa shape index (κ1) is 10.4. The van der Waals surface area contributed by atoms with Gasteiger partial charge >= 0.3 is 0 Å². The molecule has 0 amide bonds. The van der Waals surface area contributed by atoms with Crippen molar-refractivity contribution in [3.8, 4) is 6.19 Å². The summed E-state index contributed by atoms with van der Waals surface area (Å²) in [4.78, 5) is 5.76. The first-order valence-electron chi connectivity index (χ1n) is 4.11. The lowest BCUT2D eigenvalue weighted by Gasteiger charge is -2.24. The van der Waals surface area contributed by atoms with Crippen molar-refractivity contribution in [3.05, 3.63) is 0 Å². The Balaban J connectivity index is 2.58. The molecule has 4 nitrogen and oxygen atoms in total. The van der Waals surface area contributed by atoms with Crippen LogP contribution in [0.15, 0.2) is 4.99 Å². The van der Waals surface area contributed by atoms with Crippen molar-refractivity contribution in [1.29, 1.82) is 5.26 Å². The second-order valence-electron chi connectivity index (χ2n) is 2.83. The van der Waals surface area contributed by atoms with Crippen molar-refractivity contribution in [1.82, 2.24) is 4.90 Å². The van der Waals surface area contributed by atoms with Gasteiger partial charge in [0.2, 0.25) is 6.19 Å². The van der Waals surface area contributed by atoms with E-state index in [9.17, 15) is 0 Å². The lowest BCUT2D eigenvalue weighted by atomic mass is 10.2. The van der Waals surface area contributed by atoms with Crippen molar-refractivity contribution in [2.75, 3.05) is 26.5 Å². The highest BCUT2D eigenvalue weighted by Gasteiger charge is 2.22. The van der Waals surface area contributed by atoms with Gasteiger partial charge in [0.25, 0.3) is 0 Å². The summed E-state index contributed by atoms with van der Waals surface area (Å²) in [5.74, 6) is 0. The maximum atomic E-state index is 8.45. The number of amidine groups is 1. The molecule has 0 saturated carbocycles. The van der Waals surface area contributed by atoms with Gasteiger partial charge in [-0.25, -0.2) is 0 Å². The molecule has 0 N–H and O–H groups in total. The predicted molar refractivity (Wildman–Crippen MR) is 53.6 cm³/mol. The van der Waals surface area contributed by atoms with Gasteiger partial charge in [-0.2, -0.15) is 5.26 Å². The quantitative estimate of drug-likeness (QED) is 0.358. The smallest absolute Gasteiger partial charge is 0.208 e. The van der Waals surface area contributed by atoms with Crippen LogP contribution < -0.4 is 0 Å².